The van der Waals surface area contributed by atoms with Gasteiger partial charge in [-0.2, -0.15) is 0 Å². The van der Waals surface area contributed by atoms with Crippen molar-refractivity contribution >= 4 is 0 Å². The van der Waals surface area contributed by atoms with Crippen LogP contribution in [-0.2, 0) is 5.41 Å². The van der Waals surface area contributed by atoms with Crippen LogP contribution in [-0.4, -0.2) is 14.2 Å². The minimum atomic E-state index is 0.00765. The molecule has 0 aliphatic rings. The minimum absolute atomic E-state index is 0.00765. The van der Waals surface area contributed by atoms with Crippen LogP contribution in [0.5, 0.6) is 11.5 Å². The SMILES string of the molecule is CCCCCC(C)(c1ccc(OC)cc1)c1ccc(OC)cc1. The fraction of sp³-hybridized carbons (Fsp3) is 0.429. The number of methoxy groups -OCH3 is 2. The summed E-state index contributed by atoms with van der Waals surface area (Å²) in [5, 5.41) is 0. The maximum absolute atomic E-state index is 5.30. The second-order valence-corrected chi connectivity index (χ2v) is 6.25. The molecule has 0 saturated heterocycles. The van der Waals surface area contributed by atoms with Crippen LogP contribution in [0.4, 0.5) is 0 Å². The van der Waals surface area contributed by atoms with Gasteiger partial charge in [-0.3, -0.25) is 0 Å². The van der Waals surface area contributed by atoms with E-state index in [2.05, 4.69) is 62.4 Å². The normalized spacial score (nSPS) is 11.3. The Labute approximate surface area is 140 Å². The van der Waals surface area contributed by atoms with Crippen LogP contribution in [0.25, 0.3) is 0 Å². The summed E-state index contributed by atoms with van der Waals surface area (Å²) in [6.45, 7) is 4.59. The monoisotopic (exact) mass is 312 g/mol. The molecule has 0 heterocycles. The van der Waals surface area contributed by atoms with Gasteiger partial charge in [0.1, 0.15) is 11.5 Å². The number of unbranched alkanes of at least 4 members (excludes halogenated alkanes) is 2. The van der Waals surface area contributed by atoms with Crippen molar-refractivity contribution in [2.75, 3.05) is 14.2 Å². The van der Waals surface area contributed by atoms with Gasteiger partial charge in [0, 0.05) is 5.41 Å². The lowest BCUT2D eigenvalue weighted by atomic mass is 9.72. The molecule has 2 heteroatoms. The second kappa shape index (κ2) is 8.05. The third-order valence-corrected chi connectivity index (χ3v) is 4.73. The molecule has 0 atom stereocenters. The average Bonchev–Trinajstić information content (AvgIpc) is 2.62. The van der Waals surface area contributed by atoms with E-state index in [1.807, 2.05) is 0 Å². The average molecular weight is 312 g/mol. The van der Waals surface area contributed by atoms with Crippen LogP contribution in [0.15, 0.2) is 48.5 Å². The smallest absolute Gasteiger partial charge is 0.118 e. The molecule has 0 radical (unpaired) electrons. The van der Waals surface area contributed by atoms with Gasteiger partial charge in [-0.15, -0.1) is 0 Å². The van der Waals surface area contributed by atoms with E-state index in [0.717, 1.165) is 17.9 Å². The van der Waals surface area contributed by atoms with Gasteiger partial charge in [-0.1, -0.05) is 57.4 Å². The van der Waals surface area contributed by atoms with E-state index in [-0.39, 0.29) is 5.41 Å². The van der Waals surface area contributed by atoms with Crippen molar-refractivity contribution in [2.24, 2.45) is 0 Å². The van der Waals surface area contributed by atoms with Crippen LogP contribution < -0.4 is 9.47 Å². The lowest BCUT2D eigenvalue weighted by molar-refractivity contribution is 0.412. The molecule has 0 N–H and O–H groups in total. The first-order valence-corrected chi connectivity index (χ1v) is 8.43. The molecule has 0 bridgehead atoms. The Morgan fingerprint density at radius 2 is 1.17 bits per heavy atom. The molecule has 0 fully saturated rings. The summed E-state index contributed by atoms with van der Waals surface area (Å²) in [4.78, 5) is 0. The van der Waals surface area contributed by atoms with Crippen molar-refractivity contribution in [3.05, 3.63) is 59.7 Å². The van der Waals surface area contributed by atoms with Gasteiger partial charge in [0.05, 0.1) is 14.2 Å². The highest BCUT2D eigenvalue weighted by atomic mass is 16.5. The third-order valence-electron chi connectivity index (χ3n) is 4.73. The maximum atomic E-state index is 5.30. The zero-order valence-corrected chi connectivity index (χ0v) is 14.8. The molecule has 0 aliphatic carbocycles. The molecule has 23 heavy (non-hydrogen) atoms. The predicted octanol–water partition coefficient (Wildman–Crippen LogP) is 5.59. The zero-order chi connectivity index (χ0) is 16.7. The Kier molecular flexibility index (Phi) is 6.09. The Bertz CT molecular complexity index is 537. The summed E-state index contributed by atoms with van der Waals surface area (Å²) in [6.07, 6.45) is 4.87. The van der Waals surface area contributed by atoms with E-state index in [9.17, 15) is 0 Å². The van der Waals surface area contributed by atoms with Crippen molar-refractivity contribution in [1.82, 2.24) is 0 Å². The standard InChI is InChI=1S/C21H28O2/c1-5-6-7-16-21(2,17-8-12-19(22-3)13-9-17)18-10-14-20(23-4)15-11-18/h8-15H,5-7,16H2,1-4H3. The molecule has 0 unspecified atom stereocenters. The fourth-order valence-electron chi connectivity index (χ4n) is 3.10. The summed E-state index contributed by atoms with van der Waals surface area (Å²) < 4.78 is 10.6. The Hall–Kier alpha value is -1.96. The molecule has 2 nitrogen and oxygen atoms in total. The largest absolute Gasteiger partial charge is 0.497 e. The van der Waals surface area contributed by atoms with Gasteiger partial charge >= 0.3 is 0 Å². The van der Waals surface area contributed by atoms with Gasteiger partial charge in [-0.05, 0) is 41.8 Å². The first-order chi connectivity index (χ1) is 11.1. The third kappa shape index (κ3) is 4.07. The summed E-state index contributed by atoms with van der Waals surface area (Å²) in [6, 6.07) is 17.0. The zero-order valence-electron chi connectivity index (χ0n) is 14.8. The highest BCUT2D eigenvalue weighted by molar-refractivity contribution is 5.42. The minimum Gasteiger partial charge on any atom is -0.497 e. The molecule has 2 aromatic rings. The predicted molar refractivity (Wildman–Crippen MR) is 96.6 cm³/mol. The number of rotatable bonds is 8. The molecule has 0 saturated carbocycles. The summed E-state index contributed by atoms with van der Waals surface area (Å²) in [5.74, 6) is 1.80. The fourth-order valence-corrected chi connectivity index (χ4v) is 3.10. The highest BCUT2D eigenvalue weighted by Gasteiger charge is 2.28. The summed E-state index contributed by atoms with van der Waals surface area (Å²) in [5.41, 5.74) is 2.67. The first kappa shape index (κ1) is 17.4. The number of benzene rings is 2. The first-order valence-electron chi connectivity index (χ1n) is 8.43. The van der Waals surface area contributed by atoms with E-state index in [0.29, 0.717) is 0 Å². The lowest BCUT2D eigenvalue weighted by Gasteiger charge is -2.31. The molecule has 0 spiro atoms. The molecular formula is C21H28O2. The lowest BCUT2D eigenvalue weighted by Crippen LogP contribution is -2.23. The quantitative estimate of drug-likeness (QED) is 0.591. The van der Waals surface area contributed by atoms with Crippen LogP contribution >= 0.6 is 0 Å². The van der Waals surface area contributed by atoms with Crippen molar-refractivity contribution in [3.63, 3.8) is 0 Å². The molecule has 0 amide bonds. The number of ether oxygens (including phenoxy) is 2. The molecular weight excluding hydrogens is 284 g/mol. The van der Waals surface area contributed by atoms with E-state index in [4.69, 9.17) is 9.47 Å². The van der Waals surface area contributed by atoms with Gasteiger partial charge in [0.2, 0.25) is 0 Å². The van der Waals surface area contributed by atoms with Crippen molar-refractivity contribution in [1.29, 1.82) is 0 Å². The Balaban J connectivity index is 2.36. The van der Waals surface area contributed by atoms with Gasteiger partial charge in [-0.25, -0.2) is 0 Å². The molecule has 2 aromatic carbocycles. The summed E-state index contributed by atoms with van der Waals surface area (Å²) in [7, 11) is 3.41. The highest BCUT2D eigenvalue weighted by Crippen LogP contribution is 2.38. The number of hydrogen-bond acceptors (Lipinski definition) is 2. The van der Waals surface area contributed by atoms with Crippen molar-refractivity contribution in [2.45, 2.75) is 44.9 Å². The molecule has 2 rings (SSSR count). The topological polar surface area (TPSA) is 18.5 Å². The van der Waals surface area contributed by atoms with E-state index in [1.165, 1.54) is 30.4 Å². The number of hydrogen-bond donors (Lipinski definition) is 0. The van der Waals surface area contributed by atoms with Crippen LogP contribution in [0.1, 0.15) is 50.7 Å². The molecule has 0 aromatic heterocycles. The van der Waals surface area contributed by atoms with E-state index in [1.54, 1.807) is 14.2 Å². The van der Waals surface area contributed by atoms with Crippen LogP contribution in [0.2, 0.25) is 0 Å². The van der Waals surface area contributed by atoms with Crippen LogP contribution in [0, 0.1) is 0 Å². The van der Waals surface area contributed by atoms with Gasteiger partial charge in [0.25, 0.3) is 0 Å². The molecule has 124 valence electrons. The van der Waals surface area contributed by atoms with Crippen molar-refractivity contribution in [3.8, 4) is 11.5 Å². The Morgan fingerprint density at radius 3 is 1.52 bits per heavy atom. The van der Waals surface area contributed by atoms with Gasteiger partial charge in [0.15, 0.2) is 0 Å². The van der Waals surface area contributed by atoms with Gasteiger partial charge < -0.3 is 9.47 Å². The maximum Gasteiger partial charge on any atom is 0.118 e. The van der Waals surface area contributed by atoms with E-state index >= 15 is 0 Å². The Morgan fingerprint density at radius 1 is 0.739 bits per heavy atom. The second-order valence-electron chi connectivity index (χ2n) is 6.25. The van der Waals surface area contributed by atoms with Crippen molar-refractivity contribution < 1.29 is 9.47 Å². The molecule has 0 aliphatic heterocycles. The van der Waals surface area contributed by atoms with E-state index < -0.39 is 0 Å². The van der Waals surface area contributed by atoms with Crippen LogP contribution in [0.3, 0.4) is 0 Å². The summed E-state index contributed by atoms with van der Waals surface area (Å²) >= 11 is 0.